The van der Waals surface area contributed by atoms with Crippen LogP contribution in [0, 0.1) is 10.1 Å². The van der Waals surface area contributed by atoms with Crippen molar-refractivity contribution < 1.29 is 4.92 Å². The number of hydrogen-bond donors (Lipinski definition) is 0. The van der Waals surface area contributed by atoms with Crippen molar-refractivity contribution in [1.29, 1.82) is 0 Å². The summed E-state index contributed by atoms with van der Waals surface area (Å²) in [6, 6.07) is 4.58. The molecule has 0 aromatic heterocycles. The van der Waals surface area contributed by atoms with E-state index in [4.69, 9.17) is 11.6 Å². The molecule has 0 aliphatic rings. The highest BCUT2D eigenvalue weighted by atomic mass is 35.5. The predicted octanol–water partition coefficient (Wildman–Crippen LogP) is 2.99. The number of nitrogens with zero attached hydrogens (tertiary/aromatic N) is 2. The average Bonchev–Trinajstić information content (AvgIpc) is 2.19. The maximum absolute atomic E-state index is 10.5. The van der Waals surface area contributed by atoms with Crippen LogP contribution in [0.25, 0.3) is 0 Å². The molecule has 0 spiro atoms. The minimum atomic E-state index is -0.506. The number of hydrogen-bond acceptors (Lipinski definition) is 4. The molecule has 0 aliphatic heterocycles. The standard InChI is InChI=1S/C9H9ClN2O2S/c1-11-9(15-2)6-3-4-8(12(13)14)7(10)5-6/h3-5H,1-2H3. The van der Waals surface area contributed by atoms with Crippen LogP contribution < -0.4 is 0 Å². The molecule has 1 aromatic carbocycles. The number of halogens is 1. The van der Waals surface area contributed by atoms with Crippen LogP contribution in [0.1, 0.15) is 5.56 Å². The fourth-order valence-electron chi connectivity index (χ4n) is 1.13. The molecule has 0 heterocycles. The molecule has 1 rings (SSSR count). The number of rotatable bonds is 2. The summed E-state index contributed by atoms with van der Waals surface area (Å²) < 4.78 is 0. The third kappa shape index (κ3) is 2.70. The van der Waals surface area contributed by atoms with E-state index in [1.54, 1.807) is 19.2 Å². The monoisotopic (exact) mass is 244 g/mol. The highest BCUT2D eigenvalue weighted by Gasteiger charge is 2.13. The Balaban J connectivity index is 3.17. The first-order valence-electron chi connectivity index (χ1n) is 4.05. The fourth-order valence-corrected chi connectivity index (χ4v) is 1.92. The summed E-state index contributed by atoms with van der Waals surface area (Å²) in [6.45, 7) is 0. The summed E-state index contributed by atoms with van der Waals surface area (Å²) in [5.41, 5.74) is 0.706. The Bertz CT molecular complexity index is 421. The lowest BCUT2D eigenvalue weighted by atomic mass is 10.2. The molecule has 0 atom stereocenters. The van der Waals surface area contributed by atoms with Gasteiger partial charge in [-0.15, -0.1) is 11.8 Å². The minimum Gasteiger partial charge on any atom is -0.281 e. The van der Waals surface area contributed by atoms with Gasteiger partial charge in [0, 0.05) is 18.7 Å². The van der Waals surface area contributed by atoms with Crippen molar-refractivity contribution in [2.75, 3.05) is 13.3 Å². The van der Waals surface area contributed by atoms with Crippen molar-refractivity contribution in [3.05, 3.63) is 38.9 Å². The largest absolute Gasteiger partial charge is 0.287 e. The van der Waals surface area contributed by atoms with Gasteiger partial charge in [0.25, 0.3) is 5.69 Å². The molecule has 6 heteroatoms. The van der Waals surface area contributed by atoms with E-state index in [1.807, 2.05) is 6.26 Å². The van der Waals surface area contributed by atoms with Crippen LogP contribution in [-0.4, -0.2) is 23.3 Å². The Morgan fingerprint density at radius 3 is 2.67 bits per heavy atom. The SMILES string of the molecule is CN=C(SC)c1ccc([N+](=O)[O-])c(Cl)c1. The molecular weight excluding hydrogens is 236 g/mol. The first kappa shape index (κ1) is 12.0. The maximum atomic E-state index is 10.5. The molecule has 0 bridgehead atoms. The Morgan fingerprint density at radius 1 is 1.60 bits per heavy atom. The molecule has 0 saturated carbocycles. The van der Waals surface area contributed by atoms with E-state index >= 15 is 0 Å². The van der Waals surface area contributed by atoms with Crippen LogP contribution in [-0.2, 0) is 0 Å². The zero-order valence-electron chi connectivity index (χ0n) is 8.23. The van der Waals surface area contributed by atoms with Gasteiger partial charge in [0.05, 0.1) is 9.97 Å². The average molecular weight is 245 g/mol. The summed E-state index contributed by atoms with van der Waals surface area (Å²) in [7, 11) is 1.67. The minimum absolute atomic E-state index is 0.0861. The Kier molecular flexibility index (Phi) is 4.11. The lowest BCUT2D eigenvalue weighted by Gasteiger charge is -2.02. The van der Waals surface area contributed by atoms with E-state index in [2.05, 4.69) is 4.99 Å². The van der Waals surface area contributed by atoms with Gasteiger partial charge in [0.1, 0.15) is 5.02 Å². The van der Waals surface area contributed by atoms with E-state index < -0.39 is 4.92 Å². The van der Waals surface area contributed by atoms with Crippen molar-refractivity contribution in [1.82, 2.24) is 0 Å². The lowest BCUT2D eigenvalue weighted by Crippen LogP contribution is -1.96. The fraction of sp³-hybridized carbons (Fsp3) is 0.222. The van der Waals surface area contributed by atoms with Gasteiger partial charge in [-0.2, -0.15) is 0 Å². The number of nitro groups is 1. The molecule has 4 nitrogen and oxygen atoms in total. The Morgan fingerprint density at radius 2 is 2.27 bits per heavy atom. The third-order valence-electron chi connectivity index (χ3n) is 1.79. The second-order valence-corrected chi connectivity index (χ2v) is 3.86. The van der Waals surface area contributed by atoms with Gasteiger partial charge >= 0.3 is 0 Å². The van der Waals surface area contributed by atoms with Gasteiger partial charge in [0.2, 0.25) is 0 Å². The Hall–Kier alpha value is -1.07. The van der Waals surface area contributed by atoms with Gasteiger partial charge < -0.3 is 0 Å². The second kappa shape index (κ2) is 5.14. The number of thioether (sulfide) groups is 1. The van der Waals surface area contributed by atoms with E-state index in [0.29, 0.717) is 0 Å². The first-order chi connectivity index (χ1) is 7.10. The van der Waals surface area contributed by atoms with Gasteiger partial charge in [-0.25, -0.2) is 0 Å². The van der Waals surface area contributed by atoms with Crippen LogP contribution in [0.15, 0.2) is 23.2 Å². The summed E-state index contributed by atoms with van der Waals surface area (Å²) in [5, 5.41) is 11.5. The van der Waals surface area contributed by atoms with Crippen molar-refractivity contribution in [2.45, 2.75) is 0 Å². The van der Waals surface area contributed by atoms with Crippen LogP contribution in [0.5, 0.6) is 0 Å². The molecule has 15 heavy (non-hydrogen) atoms. The smallest absolute Gasteiger partial charge is 0.281 e. The van der Waals surface area contributed by atoms with Crippen LogP contribution in [0.3, 0.4) is 0 Å². The molecule has 80 valence electrons. The van der Waals surface area contributed by atoms with Gasteiger partial charge in [0.15, 0.2) is 0 Å². The number of aliphatic imine (C=N–C) groups is 1. The summed E-state index contributed by atoms with van der Waals surface area (Å²) in [4.78, 5) is 14.1. The quantitative estimate of drug-likeness (QED) is 0.348. The van der Waals surface area contributed by atoms with E-state index in [9.17, 15) is 10.1 Å². The van der Waals surface area contributed by atoms with Crippen molar-refractivity contribution in [2.24, 2.45) is 4.99 Å². The highest BCUT2D eigenvalue weighted by Crippen LogP contribution is 2.26. The van der Waals surface area contributed by atoms with E-state index in [-0.39, 0.29) is 10.7 Å². The molecule has 0 N–H and O–H groups in total. The molecule has 0 unspecified atom stereocenters. The molecule has 0 saturated heterocycles. The zero-order chi connectivity index (χ0) is 11.4. The molecule has 0 aliphatic carbocycles. The molecule has 0 amide bonds. The normalized spacial score (nSPS) is 11.5. The van der Waals surface area contributed by atoms with E-state index in [0.717, 1.165) is 10.6 Å². The number of nitro benzene ring substituents is 1. The predicted molar refractivity (Wildman–Crippen MR) is 64.1 cm³/mol. The summed E-state index contributed by atoms with van der Waals surface area (Å²) in [6.07, 6.45) is 1.89. The molecule has 0 radical (unpaired) electrons. The van der Waals surface area contributed by atoms with Crippen LogP contribution in [0.2, 0.25) is 5.02 Å². The Labute approximate surface area is 96.5 Å². The second-order valence-electron chi connectivity index (χ2n) is 2.66. The molecular formula is C9H9ClN2O2S. The molecule has 0 fully saturated rings. The summed E-state index contributed by atoms with van der Waals surface area (Å²) in [5.74, 6) is 0. The maximum Gasteiger partial charge on any atom is 0.287 e. The lowest BCUT2D eigenvalue weighted by molar-refractivity contribution is -0.384. The van der Waals surface area contributed by atoms with Crippen molar-refractivity contribution >= 4 is 34.1 Å². The van der Waals surface area contributed by atoms with Gasteiger partial charge in [-0.3, -0.25) is 15.1 Å². The molecule has 1 aromatic rings. The number of benzene rings is 1. The van der Waals surface area contributed by atoms with Gasteiger partial charge in [-0.05, 0) is 18.4 Å². The first-order valence-corrected chi connectivity index (χ1v) is 5.65. The van der Waals surface area contributed by atoms with Gasteiger partial charge in [-0.1, -0.05) is 11.6 Å². The van der Waals surface area contributed by atoms with Crippen molar-refractivity contribution in [3.8, 4) is 0 Å². The zero-order valence-corrected chi connectivity index (χ0v) is 9.80. The van der Waals surface area contributed by atoms with E-state index in [1.165, 1.54) is 17.8 Å². The summed E-state index contributed by atoms with van der Waals surface area (Å²) >= 11 is 7.24. The topological polar surface area (TPSA) is 55.5 Å². The third-order valence-corrected chi connectivity index (χ3v) is 2.90. The van der Waals surface area contributed by atoms with Crippen molar-refractivity contribution in [3.63, 3.8) is 0 Å². The van der Waals surface area contributed by atoms with Crippen LogP contribution in [0.4, 0.5) is 5.69 Å². The highest BCUT2D eigenvalue weighted by molar-refractivity contribution is 8.13. The van der Waals surface area contributed by atoms with Crippen LogP contribution >= 0.6 is 23.4 Å².